The normalized spacial score (nSPS) is 12.0. The number of hydrogen-bond acceptors (Lipinski definition) is 4. The van der Waals surface area contributed by atoms with E-state index in [4.69, 9.17) is 10.5 Å². The van der Waals surface area contributed by atoms with Crippen molar-refractivity contribution >= 4 is 23.8 Å². The van der Waals surface area contributed by atoms with Crippen molar-refractivity contribution in [3.05, 3.63) is 108 Å². The molecule has 0 fully saturated rings. The maximum absolute atomic E-state index is 12.3. The summed E-state index contributed by atoms with van der Waals surface area (Å²) in [5.41, 5.74) is 8.38. The van der Waals surface area contributed by atoms with Crippen molar-refractivity contribution in [1.29, 1.82) is 0 Å². The van der Waals surface area contributed by atoms with Gasteiger partial charge in [-0.15, -0.1) is 11.8 Å². The van der Waals surface area contributed by atoms with Crippen LogP contribution in [0.1, 0.15) is 16.7 Å². The number of nitrogens with two attached hydrogens (primary N) is 1. The van der Waals surface area contributed by atoms with Crippen LogP contribution in [0.4, 0.5) is 4.79 Å². The fourth-order valence-electron chi connectivity index (χ4n) is 3.43. The van der Waals surface area contributed by atoms with E-state index in [2.05, 4.69) is 41.7 Å². The van der Waals surface area contributed by atoms with Gasteiger partial charge in [-0.05, 0) is 16.7 Å². The molecule has 0 aliphatic carbocycles. The molecule has 0 saturated carbocycles. The van der Waals surface area contributed by atoms with Crippen molar-refractivity contribution in [2.45, 2.75) is 10.9 Å². The maximum Gasteiger partial charge on any atom is 0.405 e. The molecule has 0 saturated heterocycles. The van der Waals surface area contributed by atoms with Crippen LogP contribution < -0.4 is 11.1 Å². The molecule has 3 rings (SSSR count). The first-order valence-corrected chi connectivity index (χ1v) is 10.5. The van der Waals surface area contributed by atoms with Crippen LogP contribution in [-0.4, -0.2) is 30.9 Å². The van der Waals surface area contributed by atoms with E-state index in [0.717, 1.165) is 16.7 Å². The van der Waals surface area contributed by atoms with Crippen LogP contribution in [0.2, 0.25) is 0 Å². The van der Waals surface area contributed by atoms with Crippen LogP contribution in [0.5, 0.6) is 0 Å². The third-order valence-electron chi connectivity index (χ3n) is 4.79. The van der Waals surface area contributed by atoms with Crippen molar-refractivity contribution < 1.29 is 14.3 Å². The number of rotatable bonds is 8. The number of carbonyl (C=O) groups is 2. The molecule has 0 aromatic heterocycles. The van der Waals surface area contributed by atoms with Gasteiger partial charge in [0.1, 0.15) is 0 Å². The van der Waals surface area contributed by atoms with E-state index < -0.39 is 22.9 Å². The van der Waals surface area contributed by atoms with E-state index in [1.54, 1.807) is 0 Å². The van der Waals surface area contributed by atoms with E-state index in [-0.39, 0.29) is 5.75 Å². The fourth-order valence-corrected chi connectivity index (χ4v) is 4.96. The second-order valence-electron chi connectivity index (χ2n) is 6.63. The first kappa shape index (κ1) is 21.5. The highest BCUT2D eigenvalue weighted by Crippen LogP contribution is 2.48. The van der Waals surface area contributed by atoms with Gasteiger partial charge in [0.2, 0.25) is 0 Å². The average Bonchev–Trinajstić information content (AvgIpc) is 2.80. The van der Waals surface area contributed by atoms with Gasteiger partial charge in [0, 0.05) is 12.8 Å². The van der Waals surface area contributed by atoms with Crippen LogP contribution in [-0.2, 0) is 14.3 Å². The second-order valence-corrected chi connectivity index (χ2v) is 7.86. The molecule has 0 spiro atoms. The van der Waals surface area contributed by atoms with Crippen LogP contribution in [0.15, 0.2) is 91.0 Å². The molecular formula is C24H24N2O3S. The highest BCUT2D eigenvalue weighted by molar-refractivity contribution is 8.00. The zero-order valence-electron chi connectivity index (χ0n) is 16.7. The van der Waals surface area contributed by atoms with Gasteiger partial charge < -0.3 is 15.8 Å². The van der Waals surface area contributed by atoms with Gasteiger partial charge in [-0.3, -0.25) is 4.79 Å². The third kappa shape index (κ3) is 4.66. The second kappa shape index (κ2) is 9.98. The first-order chi connectivity index (χ1) is 14.6. The van der Waals surface area contributed by atoms with Crippen LogP contribution >= 0.6 is 11.8 Å². The molecule has 30 heavy (non-hydrogen) atoms. The number of amides is 2. The predicted octanol–water partition coefficient (Wildman–Crippen LogP) is 3.92. The predicted molar refractivity (Wildman–Crippen MR) is 120 cm³/mol. The van der Waals surface area contributed by atoms with Crippen molar-refractivity contribution in [3.63, 3.8) is 0 Å². The number of nitrogens with one attached hydrogen (secondary N) is 1. The Morgan fingerprint density at radius 2 is 1.27 bits per heavy atom. The van der Waals surface area contributed by atoms with E-state index in [1.807, 2.05) is 54.6 Å². The molecule has 0 heterocycles. The minimum Gasteiger partial charge on any atom is -0.435 e. The van der Waals surface area contributed by atoms with Crippen molar-refractivity contribution in [1.82, 2.24) is 5.32 Å². The van der Waals surface area contributed by atoms with Crippen LogP contribution in [0.3, 0.4) is 0 Å². The largest absolute Gasteiger partial charge is 0.435 e. The SMILES string of the molecule is CNC(=O)[C@H](CSC(c1ccccc1)(c1ccccc1)c1ccccc1)OC(N)=O. The first-order valence-electron chi connectivity index (χ1n) is 9.56. The van der Waals surface area contributed by atoms with Crippen molar-refractivity contribution in [2.24, 2.45) is 5.73 Å². The molecule has 0 aliphatic rings. The number of thioether (sulfide) groups is 1. The van der Waals surface area contributed by atoms with Crippen LogP contribution in [0, 0.1) is 0 Å². The molecule has 2 amide bonds. The summed E-state index contributed by atoms with van der Waals surface area (Å²) < 4.78 is 4.50. The topological polar surface area (TPSA) is 81.4 Å². The Bertz CT molecular complexity index is 869. The van der Waals surface area contributed by atoms with Crippen molar-refractivity contribution in [2.75, 3.05) is 12.8 Å². The molecule has 6 heteroatoms. The number of likely N-dealkylation sites (N-methyl/N-ethyl adjacent to an activating group) is 1. The molecule has 0 radical (unpaired) electrons. The summed E-state index contributed by atoms with van der Waals surface area (Å²) in [6, 6.07) is 30.3. The maximum atomic E-state index is 12.3. The molecule has 3 aromatic rings. The Kier molecular flexibility index (Phi) is 7.14. The lowest BCUT2D eigenvalue weighted by atomic mass is 9.84. The average molecular weight is 421 g/mol. The highest BCUT2D eigenvalue weighted by atomic mass is 32.2. The Balaban J connectivity index is 2.13. The molecular weight excluding hydrogens is 396 g/mol. The summed E-state index contributed by atoms with van der Waals surface area (Å²) in [7, 11) is 1.50. The fraction of sp³-hybridized carbons (Fsp3) is 0.167. The Hall–Kier alpha value is -3.25. The molecule has 0 unspecified atom stereocenters. The monoisotopic (exact) mass is 420 g/mol. The minimum absolute atomic E-state index is 0.224. The Morgan fingerprint density at radius 1 is 0.867 bits per heavy atom. The summed E-state index contributed by atoms with van der Waals surface area (Å²) in [5.74, 6) is -0.175. The van der Waals surface area contributed by atoms with Gasteiger partial charge in [-0.1, -0.05) is 91.0 Å². The lowest BCUT2D eigenvalue weighted by molar-refractivity contribution is -0.127. The van der Waals surface area contributed by atoms with Crippen molar-refractivity contribution in [3.8, 4) is 0 Å². The number of ether oxygens (including phenoxy) is 1. The standard InChI is InChI=1S/C24H24N2O3S/c1-26-22(27)21(29-23(25)28)17-30-24(18-11-5-2-6-12-18,19-13-7-3-8-14-19)20-15-9-4-10-16-20/h2-16,21H,17H2,1H3,(H2,25,28)(H,26,27)/t21-/m0/s1. The number of primary amides is 1. The van der Waals surface area contributed by atoms with E-state index >= 15 is 0 Å². The molecule has 154 valence electrons. The zero-order valence-corrected chi connectivity index (χ0v) is 17.5. The summed E-state index contributed by atoms with van der Waals surface area (Å²) in [6.45, 7) is 0. The third-order valence-corrected chi connectivity index (χ3v) is 6.40. The van der Waals surface area contributed by atoms with Crippen LogP contribution in [0.25, 0.3) is 0 Å². The summed E-state index contributed by atoms with van der Waals surface area (Å²) >= 11 is 1.53. The van der Waals surface area contributed by atoms with Gasteiger partial charge in [0.15, 0.2) is 6.10 Å². The summed E-state index contributed by atoms with van der Waals surface area (Å²) in [4.78, 5) is 23.7. The molecule has 1 atom stereocenters. The van der Waals surface area contributed by atoms with Gasteiger partial charge in [0.25, 0.3) is 5.91 Å². The van der Waals surface area contributed by atoms with Gasteiger partial charge in [0.05, 0.1) is 4.75 Å². The van der Waals surface area contributed by atoms with Gasteiger partial charge in [-0.25, -0.2) is 4.79 Å². The van der Waals surface area contributed by atoms with E-state index in [1.165, 1.54) is 18.8 Å². The molecule has 5 nitrogen and oxygen atoms in total. The quantitative estimate of drug-likeness (QED) is 0.541. The number of hydrogen-bond donors (Lipinski definition) is 2. The molecule has 3 aromatic carbocycles. The highest BCUT2D eigenvalue weighted by Gasteiger charge is 2.38. The Labute approximate surface area is 180 Å². The molecule has 3 N–H and O–H groups in total. The Morgan fingerprint density at radius 3 is 1.60 bits per heavy atom. The molecule has 0 aliphatic heterocycles. The number of carbonyl (C=O) groups excluding carboxylic acids is 2. The van der Waals surface area contributed by atoms with E-state index in [9.17, 15) is 9.59 Å². The summed E-state index contributed by atoms with van der Waals surface area (Å²) in [5, 5.41) is 2.54. The van der Waals surface area contributed by atoms with Gasteiger partial charge in [-0.2, -0.15) is 0 Å². The smallest absolute Gasteiger partial charge is 0.405 e. The minimum atomic E-state index is -1.01. The number of benzene rings is 3. The lowest BCUT2D eigenvalue weighted by Crippen LogP contribution is -2.40. The van der Waals surface area contributed by atoms with E-state index in [0.29, 0.717) is 0 Å². The van der Waals surface area contributed by atoms with Gasteiger partial charge >= 0.3 is 6.09 Å². The summed E-state index contributed by atoms with van der Waals surface area (Å²) in [6.07, 6.45) is -1.98. The molecule has 0 bridgehead atoms. The lowest BCUT2D eigenvalue weighted by Gasteiger charge is -2.36. The zero-order chi connectivity index (χ0) is 21.4.